The molecule has 1 heterocycles. The van der Waals surface area contributed by atoms with Crippen LogP contribution in [0.2, 0.25) is 0 Å². The number of amides is 1. The van der Waals surface area contributed by atoms with Crippen molar-refractivity contribution in [2.24, 2.45) is 0 Å². The first-order chi connectivity index (χ1) is 5.86. The maximum Gasteiger partial charge on any atom is 0.247 e. The molecule has 1 amide bonds. The van der Waals surface area contributed by atoms with Crippen molar-refractivity contribution in [3.8, 4) is 0 Å². The summed E-state index contributed by atoms with van der Waals surface area (Å²) in [6.45, 7) is 0. The molecule has 0 unspecified atom stereocenters. The molecular weight excluding hydrogens is 170 g/mol. The van der Waals surface area contributed by atoms with E-state index in [9.17, 15) is 4.79 Å². The van der Waals surface area contributed by atoms with Crippen molar-refractivity contribution in [1.82, 2.24) is 5.32 Å². The van der Waals surface area contributed by atoms with Gasteiger partial charge in [0.25, 0.3) is 0 Å². The van der Waals surface area contributed by atoms with Crippen molar-refractivity contribution in [3.63, 3.8) is 0 Å². The second-order valence-electron chi connectivity index (χ2n) is 3.32. The molecule has 0 aromatic heterocycles. The molecule has 0 spiro atoms. The van der Waals surface area contributed by atoms with Crippen LogP contribution in [0.15, 0.2) is 11.6 Å². The SMILES string of the molecule is O=C(NC1CC1)C1=CCCSC1. The van der Waals surface area contributed by atoms with Crippen LogP contribution >= 0.6 is 11.8 Å². The Balaban J connectivity index is 1.88. The zero-order valence-electron chi connectivity index (χ0n) is 7.01. The lowest BCUT2D eigenvalue weighted by Crippen LogP contribution is -2.28. The van der Waals surface area contributed by atoms with Gasteiger partial charge in [-0.3, -0.25) is 4.79 Å². The van der Waals surface area contributed by atoms with Crippen LogP contribution in [0.1, 0.15) is 19.3 Å². The molecule has 66 valence electrons. The molecule has 0 radical (unpaired) electrons. The molecule has 2 aliphatic rings. The standard InChI is InChI=1S/C9H13NOS/c11-9(10-8-3-4-8)7-2-1-5-12-6-7/h2,8H,1,3-6H2,(H,10,11). The lowest BCUT2D eigenvalue weighted by atomic mass is 10.2. The Morgan fingerprint density at radius 1 is 1.58 bits per heavy atom. The Morgan fingerprint density at radius 3 is 3.00 bits per heavy atom. The van der Waals surface area contributed by atoms with E-state index in [-0.39, 0.29) is 5.91 Å². The van der Waals surface area contributed by atoms with E-state index in [1.807, 2.05) is 11.8 Å². The van der Waals surface area contributed by atoms with Crippen LogP contribution in [0.3, 0.4) is 0 Å². The van der Waals surface area contributed by atoms with Crippen LogP contribution in [-0.4, -0.2) is 23.5 Å². The van der Waals surface area contributed by atoms with E-state index in [4.69, 9.17) is 0 Å². The minimum atomic E-state index is 0.171. The van der Waals surface area contributed by atoms with E-state index in [1.165, 1.54) is 18.6 Å². The van der Waals surface area contributed by atoms with Gasteiger partial charge in [0.1, 0.15) is 0 Å². The fraction of sp³-hybridized carbons (Fsp3) is 0.667. The highest BCUT2D eigenvalue weighted by atomic mass is 32.2. The summed E-state index contributed by atoms with van der Waals surface area (Å²) >= 11 is 1.85. The zero-order valence-corrected chi connectivity index (χ0v) is 7.82. The Hall–Kier alpha value is -0.440. The molecule has 1 saturated carbocycles. The van der Waals surface area contributed by atoms with Gasteiger partial charge in [-0.05, 0) is 25.0 Å². The van der Waals surface area contributed by atoms with Gasteiger partial charge in [0.05, 0.1) is 0 Å². The fourth-order valence-corrected chi connectivity index (χ4v) is 2.12. The van der Waals surface area contributed by atoms with Gasteiger partial charge in [-0.2, -0.15) is 11.8 Å². The van der Waals surface area contributed by atoms with Gasteiger partial charge in [-0.15, -0.1) is 0 Å². The molecule has 2 nitrogen and oxygen atoms in total. The third-order valence-electron chi connectivity index (χ3n) is 2.11. The van der Waals surface area contributed by atoms with Gasteiger partial charge in [-0.1, -0.05) is 6.08 Å². The minimum Gasteiger partial charge on any atom is -0.350 e. The van der Waals surface area contributed by atoms with Gasteiger partial charge >= 0.3 is 0 Å². The molecule has 0 bridgehead atoms. The molecule has 1 N–H and O–H groups in total. The normalized spacial score (nSPS) is 23.2. The predicted molar refractivity (Wildman–Crippen MR) is 51.2 cm³/mol. The van der Waals surface area contributed by atoms with Crippen LogP contribution in [0, 0.1) is 0 Å². The van der Waals surface area contributed by atoms with Crippen molar-refractivity contribution in [2.75, 3.05) is 11.5 Å². The quantitative estimate of drug-likeness (QED) is 0.699. The summed E-state index contributed by atoms with van der Waals surface area (Å²) in [6.07, 6.45) is 5.48. The average Bonchev–Trinajstić information content (AvgIpc) is 2.90. The van der Waals surface area contributed by atoms with Crippen molar-refractivity contribution >= 4 is 17.7 Å². The first-order valence-electron chi connectivity index (χ1n) is 4.44. The van der Waals surface area contributed by atoms with E-state index >= 15 is 0 Å². The molecule has 0 aromatic rings. The summed E-state index contributed by atoms with van der Waals surface area (Å²) in [5.41, 5.74) is 0.984. The Kier molecular flexibility index (Phi) is 2.40. The molecule has 3 heteroatoms. The van der Waals surface area contributed by atoms with Crippen molar-refractivity contribution in [1.29, 1.82) is 0 Å². The van der Waals surface area contributed by atoms with Crippen LogP contribution in [0.4, 0.5) is 0 Å². The molecule has 0 saturated heterocycles. The molecule has 2 rings (SSSR count). The summed E-state index contributed by atoms with van der Waals surface area (Å²) in [4.78, 5) is 11.5. The number of hydrogen-bond donors (Lipinski definition) is 1. The monoisotopic (exact) mass is 183 g/mol. The third kappa shape index (κ3) is 2.03. The van der Waals surface area contributed by atoms with E-state index in [0.29, 0.717) is 6.04 Å². The molecule has 12 heavy (non-hydrogen) atoms. The Morgan fingerprint density at radius 2 is 2.42 bits per heavy atom. The van der Waals surface area contributed by atoms with Gasteiger partial charge in [0.15, 0.2) is 0 Å². The number of hydrogen-bond acceptors (Lipinski definition) is 2. The Bertz CT molecular complexity index is 221. The van der Waals surface area contributed by atoms with Gasteiger partial charge in [0, 0.05) is 17.4 Å². The third-order valence-corrected chi connectivity index (χ3v) is 3.15. The summed E-state index contributed by atoms with van der Waals surface area (Å²) < 4.78 is 0. The number of rotatable bonds is 2. The van der Waals surface area contributed by atoms with Crippen molar-refractivity contribution in [2.45, 2.75) is 25.3 Å². The number of carbonyl (C=O) groups excluding carboxylic acids is 1. The second-order valence-corrected chi connectivity index (χ2v) is 4.42. The number of thioether (sulfide) groups is 1. The molecule has 0 atom stereocenters. The number of nitrogens with one attached hydrogen (secondary N) is 1. The van der Waals surface area contributed by atoms with E-state index < -0.39 is 0 Å². The molecule has 0 aromatic carbocycles. The topological polar surface area (TPSA) is 29.1 Å². The smallest absolute Gasteiger partial charge is 0.247 e. The highest BCUT2D eigenvalue weighted by Crippen LogP contribution is 2.21. The van der Waals surface area contributed by atoms with Gasteiger partial charge in [0.2, 0.25) is 5.91 Å². The largest absolute Gasteiger partial charge is 0.350 e. The Labute approximate surface area is 76.8 Å². The predicted octanol–water partition coefficient (Wildman–Crippen LogP) is 1.33. The zero-order chi connectivity index (χ0) is 8.39. The summed E-state index contributed by atoms with van der Waals surface area (Å²) in [5, 5.41) is 3.00. The highest BCUT2D eigenvalue weighted by Gasteiger charge is 2.24. The average molecular weight is 183 g/mol. The maximum atomic E-state index is 11.5. The minimum absolute atomic E-state index is 0.171. The molecular formula is C9H13NOS. The molecule has 1 aliphatic heterocycles. The first-order valence-corrected chi connectivity index (χ1v) is 5.59. The van der Waals surface area contributed by atoms with Gasteiger partial charge < -0.3 is 5.32 Å². The van der Waals surface area contributed by atoms with Crippen LogP contribution in [0.25, 0.3) is 0 Å². The summed E-state index contributed by atoms with van der Waals surface area (Å²) in [7, 11) is 0. The lowest BCUT2D eigenvalue weighted by molar-refractivity contribution is -0.117. The maximum absolute atomic E-state index is 11.5. The van der Waals surface area contributed by atoms with Gasteiger partial charge in [-0.25, -0.2) is 0 Å². The summed E-state index contributed by atoms with van der Waals surface area (Å²) in [5.74, 6) is 2.24. The van der Waals surface area contributed by atoms with Crippen LogP contribution in [0.5, 0.6) is 0 Å². The van der Waals surface area contributed by atoms with E-state index in [2.05, 4.69) is 11.4 Å². The van der Waals surface area contributed by atoms with E-state index in [1.54, 1.807) is 0 Å². The number of carbonyl (C=O) groups is 1. The lowest BCUT2D eigenvalue weighted by Gasteiger charge is -2.11. The van der Waals surface area contributed by atoms with Crippen molar-refractivity contribution < 1.29 is 4.79 Å². The first kappa shape index (κ1) is 8.17. The van der Waals surface area contributed by atoms with Crippen LogP contribution < -0.4 is 5.32 Å². The van der Waals surface area contributed by atoms with Crippen LogP contribution in [-0.2, 0) is 4.79 Å². The number of allylic oxidation sites excluding steroid dienone is 1. The summed E-state index contributed by atoms with van der Waals surface area (Å²) in [6, 6.07) is 0.491. The fourth-order valence-electron chi connectivity index (χ4n) is 1.22. The van der Waals surface area contributed by atoms with Crippen molar-refractivity contribution in [3.05, 3.63) is 11.6 Å². The van der Waals surface area contributed by atoms with E-state index in [0.717, 1.165) is 17.7 Å². The second kappa shape index (κ2) is 3.52. The molecule has 1 aliphatic carbocycles. The highest BCUT2D eigenvalue weighted by molar-refractivity contribution is 7.99. The molecule has 1 fully saturated rings.